The van der Waals surface area contributed by atoms with Crippen LogP contribution in [0.3, 0.4) is 0 Å². The molecule has 0 saturated heterocycles. The zero-order valence-electron chi connectivity index (χ0n) is 14.4. The molecule has 0 saturated carbocycles. The molecule has 1 atom stereocenters. The number of hydrogen-bond acceptors (Lipinski definition) is 3. The fourth-order valence-corrected chi connectivity index (χ4v) is 5.34. The smallest absolute Gasteiger partial charge is 0.241 e. The van der Waals surface area contributed by atoms with E-state index in [1.54, 1.807) is 24.3 Å². The lowest BCUT2D eigenvalue weighted by Gasteiger charge is -2.36. The van der Waals surface area contributed by atoms with Crippen molar-refractivity contribution in [3.63, 3.8) is 0 Å². The number of para-hydroxylation sites is 2. The lowest BCUT2D eigenvalue weighted by atomic mass is 10.0. The molecular formula is C19H20FN3O2S. The van der Waals surface area contributed by atoms with Crippen LogP contribution in [0.15, 0.2) is 42.5 Å². The van der Waals surface area contributed by atoms with E-state index < -0.39 is 21.1 Å². The average Bonchev–Trinajstić information content (AvgIpc) is 2.62. The first kappa shape index (κ1) is 18.4. The molecule has 3 rings (SSSR count). The highest BCUT2D eigenvalue weighted by Gasteiger charge is 2.39. The van der Waals surface area contributed by atoms with Gasteiger partial charge in [0.2, 0.25) is 15.7 Å². The number of rotatable bonds is 5. The van der Waals surface area contributed by atoms with Crippen molar-refractivity contribution in [2.75, 3.05) is 17.9 Å². The molecule has 0 aromatic heterocycles. The lowest BCUT2D eigenvalue weighted by molar-refractivity contribution is 0.553. The molecule has 5 nitrogen and oxygen atoms in total. The van der Waals surface area contributed by atoms with Gasteiger partial charge in [-0.3, -0.25) is 0 Å². The summed E-state index contributed by atoms with van der Waals surface area (Å²) in [5, 5.41) is 2.37. The Bertz CT molecular complexity index is 953. The van der Waals surface area contributed by atoms with Gasteiger partial charge < -0.3 is 5.32 Å². The van der Waals surface area contributed by atoms with Crippen molar-refractivity contribution in [2.24, 2.45) is 0 Å². The Morgan fingerprint density at radius 2 is 2.04 bits per heavy atom. The second-order valence-corrected chi connectivity index (χ2v) is 8.32. The number of hydrogen-bond donors (Lipinski definition) is 1. The first-order valence-corrected chi connectivity index (χ1v) is 9.93. The van der Waals surface area contributed by atoms with Gasteiger partial charge in [0.05, 0.1) is 23.2 Å². The first-order chi connectivity index (χ1) is 12.5. The zero-order chi connectivity index (χ0) is 18.7. The molecule has 2 aromatic rings. The molecule has 2 aromatic carbocycles. The van der Waals surface area contributed by atoms with Gasteiger partial charge in [-0.15, -0.1) is 0 Å². The van der Waals surface area contributed by atoms with Crippen LogP contribution in [-0.4, -0.2) is 27.3 Å². The van der Waals surface area contributed by atoms with Crippen LogP contribution in [0.2, 0.25) is 0 Å². The predicted octanol–water partition coefficient (Wildman–Crippen LogP) is 3.77. The van der Waals surface area contributed by atoms with Crippen molar-refractivity contribution in [2.45, 2.75) is 24.5 Å². The highest BCUT2D eigenvalue weighted by molar-refractivity contribution is 7.93. The first-order valence-electron chi connectivity index (χ1n) is 8.42. The van der Waals surface area contributed by atoms with Crippen LogP contribution in [-0.2, 0) is 16.4 Å². The SMILES string of the molecule is [C-]#[N+]c1ccccc1N1c2ccc(F)cc2CC(CCCNC)S1(=O)=O. The Labute approximate surface area is 153 Å². The molecule has 0 aliphatic carbocycles. The number of benzene rings is 2. The minimum absolute atomic E-state index is 0.252. The second-order valence-electron chi connectivity index (χ2n) is 6.25. The summed E-state index contributed by atoms with van der Waals surface area (Å²) in [5.74, 6) is -0.393. The summed E-state index contributed by atoms with van der Waals surface area (Å²) in [4.78, 5) is 3.46. The fraction of sp³-hybridized carbons (Fsp3) is 0.316. The Balaban J connectivity index is 2.15. The topological polar surface area (TPSA) is 53.8 Å². The molecule has 0 amide bonds. The van der Waals surface area contributed by atoms with E-state index in [4.69, 9.17) is 6.57 Å². The third-order valence-electron chi connectivity index (χ3n) is 4.56. The van der Waals surface area contributed by atoms with Crippen LogP contribution in [0.1, 0.15) is 18.4 Å². The summed E-state index contributed by atoms with van der Waals surface area (Å²) < 4.78 is 41.7. The van der Waals surface area contributed by atoms with E-state index in [9.17, 15) is 12.8 Å². The quantitative estimate of drug-likeness (QED) is 0.641. The summed E-state index contributed by atoms with van der Waals surface area (Å²) >= 11 is 0. The molecule has 1 unspecified atom stereocenters. The summed E-state index contributed by atoms with van der Waals surface area (Å²) in [5.41, 5.74) is 1.64. The highest BCUT2D eigenvalue weighted by Crippen LogP contribution is 2.43. The highest BCUT2D eigenvalue weighted by atomic mass is 32.2. The number of sulfonamides is 1. The van der Waals surface area contributed by atoms with Gasteiger partial charge in [0.15, 0.2) is 0 Å². The largest absolute Gasteiger partial charge is 0.320 e. The number of nitrogens with zero attached hydrogens (tertiary/aromatic N) is 2. The van der Waals surface area contributed by atoms with Crippen molar-refractivity contribution in [3.8, 4) is 0 Å². The molecule has 0 spiro atoms. The standard InChI is InChI=1S/C19H20FN3O2S/c1-21-11-5-6-16-13-14-12-15(20)9-10-18(14)23(26(16,24)25)19-8-4-3-7-17(19)22-2/h3-4,7-10,12,16,21H,5-6,11,13H2,1H3. The lowest BCUT2D eigenvalue weighted by Crippen LogP contribution is -2.41. The van der Waals surface area contributed by atoms with Gasteiger partial charge in [-0.25, -0.2) is 22.0 Å². The van der Waals surface area contributed by atoms with Gasteiger partial charge in [0.25, 0.3) is 0 Å². The summed E-state index contributed by atoms with van der Waals surface area (Å²) in [7, 11) is -1.90. The molecule has 1 aliphatic rings. The maximum atomic E-state index is 13.8. The molecule has 1 heterocycles. The van der Waals surface area contributed by atoms with Crippen LogP contribution in [0.25, 0.3) is 4.85 Å². The summed E-state index contributed by atoms with van der Waals surface area (Å²) in [6.07, 6.45) is 1.44. The van der Waals surface area contributed by atoms with E-state index in [1.165, 1.54) is 22.5 Å². The van der Waals surface area contributed by atoms with E-state index >= 15 is 0 Å². The van der Waals surface area contributed by atoms with Crippen molar-refractivity contribution in [1.82, 2.24) is 5.32 Å². The molecule has 1 N–H and O–H groups in total. The fourth-order valence-electron chi connectivity index (χ4n) is 3.31. The molecule has 0 fully saturated rings. The van der Waals surface area contributed by atoms with E-state index in [-0.39, 0.29) is 12.1 Å². The van der Waals surface area contributed by atoms with Gasteiger partial charge in [-0.2, -0.15) is 0 Å². The van der Waals surface area contributed by atoms with Crippen molar-refractivity contribution < 1.29 is 12.8 Å². The molecule has 0 bridgehead atoms. The number of anilines is 2. The van der Waals surface area contributed by atoms with Gasteiger partial charge in [-0.1, -0.05) is 18.2 Å². The molecule has 1 aliphatic heterocycles. The Kier molecular flexibility index (Phi) is 5.25. The van der Waals surface area contributed by atoms with Gasteiger partial charge in [0, 0.05) is 0 Å². The molecule has 0 radical (unpaired) electrons. The molecule has 26 heavy (non-hydrogen) atoms. The minimum atomic E-state index is -3.72. The number of halogens is 1. The zero-order valence-corrected chi connectivity index (χ0v) is 15.3. The van der Waals surface area contributed by atoms with Crippen molar-refractivity contribution >= 4 is 27.1 Å². The van der Waals surface area contributed by atoms with Crippen LogP contribution < -0.4 is 9.62 Å². The molecular weight excluding hydrogens is 353 g/mol. The van der Waals surface area contributed by atoms with Crippen LogP contribution >= 0.6 is 0 Å². The number of nitrogens with one attached hydrogen (secondary N) is 1. The third kappa shape index (κ3) is 3.30. The Hall–Kier alpha value is -2.43. The van der Waals surface area contributed by atoms with Gasteiger partial charge in [-0.05, 0) is 62.7 Å². The number of fused-ring (bicyclic) bond motifs is 1. The minimum Gasteiger partial charge on any atom is -0.320 e. The Morgan fingerprint density at radius 3 is 2.77 bits per heavy atom. The average molecular weight is 373 g/mol. The van der Waals surface area contributed by atoms with Gasteiger partial charge >= 0.3 is 0 Å². The van der Waals surface area contributed by atoms with E-state index in [0.29, 0.717) is 36.3 Å². The maximum absolute atomic E-state index is 13.8. The normalized spacial score (nSPS) is 18.2. The summed E-state index contributed by atoms with van der Waals surface area (Å²) in [6.45, 7) is 8.08. The Morgan fingerprint density at radius 1 is 1.27 bits per heavy atom. The second kappa shape index (κ2) is 7.44. The van der Waals surface area contributed by atoms with E-state index in [2.05, 4.69) is 10.2 Å². The predicted molar refractivity (Wildman–Crippen MR) is 101 cm³/mol. The van der Waals surface area contributed by atoms with Crippen molar-refractivity contribution in [1.29, 1.82) is 0 Å². The third-order valence-corrected chi connectivity index (χ3v) is 6.70. The monoisotopic (exact) mass is 373 g/mol. The molecule has 136 valence electrons. The van der Waals surface area contributed by atoms with E-state index in [0.717, 1.165) is 0 Å². The van der Waals surface area contributed by atoms with Crippen LogP contribution in [0.4, 0.5) is 21.5 Å². The van der Waals surface area contributed by atoms with Crippen LogP contribution in [0, 0.1) is 12.4 Å². The van der Waals surface area contributed by atoms with Crippen molar-refractivity contribution in [3.05, 3.63) is 65.3 Å². The summed E-state index contributed by atoms with van der Waals surface area (Å²) in [6, 6.07) is 10.7. The van der Waals surface area contributed by atoms with Crippen LogP contribution in [0.5, 0.6) is 0 Å². The molecule has 7 heteroatoms. The van der Waals surface area contributed by atoms with E-state index in [1.807, 2.05) is 7.05 Å². The maximum Gasteiger partial charge on any atom is 0.241 e. The van der Waals surface area contributed by atoms with Gasteiger partial charge in [0.1, 0.15) is 5.82 Å².